The Labute approximate surface area is 311 Å². The van der Waals surface area contributed by atoms with E-state index in [1.165, 1.54) is 48.9 Å². The minimum atomic E-state index is 0.628. The molecule has 0 saturated heterocycles. The standard InChI is InChI=1S/C49H31N5/c1-4-15-33(16-5-1)47-50-48(34-17-6-2-7-18-34)52-49(51-47)35-19-14-22-37(31-35)54-41-25-12-10-23-38(41)39-29-27-32-28-30-43-45(44(32)46(39)54)40-24-11-13-26-42(40)53(43)36-20-8-3-9-21-36/h1-31H. The molecule has 11 aromatic rings. The third-order valence-electron chi connectivity index (χ3n) is 10.5. The van der Waals surface area contributed by atoms with Crippen molar-refractivity contribution in [3.8, 4) is 45.5 Å². The van der Waals surface area contributed by atoms with Crippen LogP contribution in [-0.2, 0) is 0 Å². The highest BCUT2D eigenvalue weighted by Gasteiger charge is 2.21. The van der Waals surface area contributed by atoms with E-state index in [-0.39, 0.29) is 0 Å². The summed E-state index contributed by atoms with van der Waals surface area (Å²) in [6, 6.07) is 66.2. The normalized spacial score (nSPS) is 11.7. The molecule has 11 rings (SSSR count). The lowest BCUT2D eigenvalue weighted by atomic mass is 10.0. The third kappa shape index (κ3) is 4.69. The molecule has 0 bridgehead atoms. The van der Waals surface area contributed by atoms with Crippen LogP contribution in [0.2, 0.25) is 0 Å². The molecule has 5 nitrogen and oxygen atoms in total. The fourth-order valence-corrected chi connectivity index (χ4v) is 8.17. The van der Waals surface area contributed by atoms with Crippen molar-refractivity contribution in [3.63, 3.8) is 0 Å². The van der Waals surface area contributed by atoms with Gasteiger partial charge in [-0.25, -0.2) is 15.0 Å². The highest BCUT2D eigenvalue weighted by Crippen LogP contribution is 2.43. The summed E-state index contributed by atoms with van der Waals surface area (Å²) in [6.45, 7) is 0. The topological polar surface area (TPSA) is 48.5 Å². The maximum absolute atomic E-state index is 5.07. The molecule has 0 saturated carbocycles. The van der Waals surface area contributed by atoms with E-state index in [0.717, 1.165) is 33.6 Å². The zero-order valence-corrected chi connectivity index (χ0v) is 29.1. The summed E-state index contributed by atoms with van der Waals surface area (Å²) in [5.41, 5.74) is 9.68. The Morgan fingerprint density at radius 1 is 0.315 bits per heavy atom. The maximum atomic E-state index is 5.07. The molecule has 0 radical (unpaired) electrons. The van der Waals surface area contributed by atoms with Crippen molar-refractivity contribution in [2.75, 3.05) is 0 Å². The van der Waals surface area contributed by atoms with E-state index in [1.807, 2.05) is 60.7 Å². The van der Waals surface area contributed by atoms with Crippen LogP contribution in [0.15, 0.2) is 188 Å². The second-order valence-corrected chi connectivity index (χ2v) is 13.6. The lowest BCUT2D eigenvalue weighted by Crippen LogP contribution is -2.01. The zero-order valence-electron chi connectivity index (χ0n) is 29.1. The van der Waals surface area contributed by atoms with Crippen LogP contribution >= 0.6 is 0 Å². The second-order valence-electron chi connectivity index (χ2n) is 13.6. The van der Waals surface area contributed by atoms with E-state index in [4.69, 9.17) is 15.0 Å². The van der Waals surface area contributed by atoms with Crippen molar-refractivity contribution < 1.29 is 0 Å². The Bertz CT molecular complexity index is 3140. The Morgan fingerprint density at radius 3 is 1.52 bits per heavy atom. The van der Waals surface area contributed by atoms with E-state index in [1.54, 1.807) is 0 Å². The summed E-state index contributed by atoms with van der Waals surface area (Å²) >= 11 is 0. The highest BCUT2D eigenvalue weighted by molar-refractivity contribution is 6.30. The number of hydrogen-bond donors (Lipinski definition) is 0. The van der Waals surface area contributed by atoms with Gasteiger partial charge >= 0.3 is 0 Å². The molecule has 3 heterocycles. The fraction of sp³-hybridized carbons (Fsp3) is 0. The molecule has 0 aliphatic carbocycles. The molecule has 54 heavy (non-hydrogen) atoms. The third-order valence-corrected chi connectivity index (χ3v) is 10.5. The summed E-state index contributed by atoms with van der Waals surface area (Å²) in [5.74, 6) is 1.92. The van der Waals surface area contributed by atoms with Gasteiger partial charge in [0.05, 0.1) is 22.1 Å². The number of rotatable bonds is 5. The van der Waals surface area contributed by atoms with Gasteiger partial charge in [0.1, 0.15) is 0 Å². The van der Waals surface area contributed by atoms with Crippen LogP contribution in [0.5, 0.6) is 0 Å². The molecule has 0 fully saturated rings. The molecule has 5 heteroatoms. The van der Waals surface area contributed by atoms with E-state index in [0.29, 0.717) is 17.5 Å². The lowest BCUT2D eigenvalue weighted by molar-refractivity contribution is 1.07. The molecule has 0 spiro atoms. The molecule has 0 amide bonds. The van der Waals surface area contributed by atoms with Gasteiger partial charge in [0.25, 0.3) is 0 Å². The molecule has 0 atom stereocenters. The van der Waals surface area contributed by atoms with Gasteiger partial charge in [0.2, 0.25) is 0 Å². The second kappa shape index (κ2) is 12.1. The van der Waals surface area contributed by atoms with Crippen LogP contribution in [0.3, 0.4) is 0 Å². The van der Waals surface area contributed by atoms with Gasteiger partial charge < -0.3 is 9.13 Å². The fourth-order valence-electron chi connectivity index (χ4n) is 8.17. The summed E-state index contributed by atoms with van der Waals surface area (Å²) in [5, 5.41) is 7.33. The van der Waals surface area contributed by atoms with Crippen molar-refractivity contribution in [1.29, 1.82) is 0 Å². The van der Waals surface area contributed by atoms with Crippen molar-refractivity contribution in [3.05, 3.63) is 188 Å². The predicted octanol–water partition coefficient (Wildman–Crippen LogP) is 12.2. The predicted molar refractivity (Wildman–Crippen MR) is 222 cm³/mol. The lowest BCUT2D eigenvalue weighted by Gasteiger charge is -2.13. The Balaban J connectivity index is 1.21. The van der Waals surface area contributed by atoms with Crippen LogP contribution < -0.4 is 0 Å². The Hall–Kier alpha value is -7.37. The first-order valence-electron chi connectivity index (χ1n) is 18.2. The highest BCUT2D eigenvalue weighted by atomic mass is 15.0. The molecule has 252 valence electrons. The molecule has 3 aromatic heterocycles. The van der Waals surface area contributed by atoms with E-state index >= 15 is 0 Å². The SMILES string of the molecule is c1ccc(-c2nc(-c3ccccc3)nc(-c3cccc(-n4c5ccccc5c5ccc6ccc7c(c8ccccc8n7-c7ccccc7)c6c54)c3)n2)cc1. The van der Waals surface area contributed by atoms with E-state index in [2.05, 4.69) is 137 Å². The molecule has 0 aliphatic heterocycles. The molecule has 0 aliphatic rings. The number of para-hydroxylation sites is 3. The Morgan fingerprint density at radius 2 is 0.833 bits per heavy atom. The van der Waals surface area contributed by atoms with Gasteiger partial charge in [-0.1, -0.05) is 146 Å². The van der Waals surface area contributed by atoms with Gasteiger partial charge in [-0.15, -0.1) is 0 Å². The molecular formula is C49H31N5. The quantitative estimate of drug-likeness (QED) is 0.181. The molecule has 0 N–H and O–H groups in total. The van der Waals surface area contributed by atoms with Crippen LogP contribution in [-0.4, -0.2) is 24.1 Å². The van der Waals surface area contributed by atoms with Crippen molar-refractivity contribution in [2.45, 2.75) is 0 Å². The van der Waals surface area contributed by atoms with E-state index < -0.39 is 0 Å². The number of hydrogen-bond acceptors (Lipinski definition) is 3. The zero-order chi connectivity index (χ0) is 35.6. The first-order chi connectivity index (χ1) is 26.8. The minimum Gasteiger partial charge on any atom is -0.309 e. The van der Waals surface area contributed by atoms with Crippen LogP contribution in [0.1, 0.15) is 0 Å². The van der Waals surface area contributed by atoms with Crippen LogP contribution in [0.25, 0.3) is 99.9 Å². The number of nitrogens with zero attached hydrogens (tertiary/aromatic N) is 5. The summed E-state index contributed by atoms with van der Waals surface area (Å²) in [6.07, 6.45) is 0. The minimum absolute atomic E-state index is 0.628. The van der Waals surface area contributed by atoms with Gasteiger partial charge in [-0.05, 0) is 47.9 Å². The summed E-state index contributed by atoms with van der Waals surface area (Å²) in [7, 11) is 0. The van der Waals surface area contributed by atoms with Crippen molar-refractivity contribution in [2.24, 2.45) is 0 Å². The summed E-state index contributed by atoms with van der Waals surface area (Å²) < 4.78 is 4.83. The maximum Gasteiger partial charge on any atom is 0.164 e. The molecule has 0 unspecified atom stereocenters. The number of aromatic nitrogens is 5. The van der Waals surface area contributed by atoms with Gasteiger partial charge in [-0.3, -0.25) is 0 Å². The number of benzene rings is 8. The van der Waals surface area contributed by atoms with Crippen molar-refractivity contribution in [1.82, 2.24) is 24.1 Å². The Kier molecular flexibility index (Phi) is 6.79. The summed E-state index contributed by atoms with van der Waals surface area (Å²) in [4.78, 5) is 15.1. The smallest absolute Gasteiger partial charge is 0.164 e. The van der Waals surface area contributed by atoms with Gasteiger partial charge in [0, 0.05) is 55.0 Å². The largest absolute Gasteiger partial charge is 0.309 e. The van der Waals surface area contributed by atoms with Gasteiger partial charge in [-0.2, -0.15) is 0 Å². The average molecular weight is 690 g/mol. The first kappa shape index (κ1) is 30.3. The van der Waals surface area contributed by atoms with Crippen LogP contribution in [0.4, 0.5) is 0 Å². The monoisotopic (exact) mass is 689 g/mol. The van der Waals surface area contributed by atoms with Crippen LogP contribution in [0, 0.1) is 0 Å². The van der Waals surface area contributed by atoms with Crippen molar-refractivity contribution >= 4 is 54.4 Å². The molecule has 8 aromatic carbocycles. The first-order valence-corrected chi connectivity index (χ1v) is 18.2. The van der Waals surface area contributed by atoms with Gasteiger partial charge in [0.15, 0.2) is 17.5 Å². The molecular weight excluding hydrogens is 659 g/mol. The van der Waals surface area contributed by atoms with E-state index in [9.17, 15) is 0 Å². The number of fused-ring (bicyclic) bond motifs is 9. The average Bonchev–Trinajstić information content (AvgIpc) is 3.78.